The van der Waals surface area contributed by atoms with Crippen molar-refractivity contribution in [3.05, 3.63) is 41.0 Å². The minimum Gasteiger partial charge on any atom is -0.464 e. The Labute approximate surface area is 109 Å². The first-order valence-electron chi connectivity index (χ1n) is 5.51. The standard InChI is InChI=1S/C13H12ClNO3/c14-11-4-3-9(5-7-18-12(17)8-16)13-10(11)2-1-6-15-13/h1-4,6,16H,5,7-8H2. The third-order valence-corrected chi connectivity index (χ3v) is 2.89. The molecule has 0 aliphatic carbocycles. The molecule has 18 heavy (non-hydrogen) atoms. The fourth-order valence-electron chi connectivity index (χ4n) is 1.72. The first-order valence-corrected chi connectivity index (χ1v) is 5.89. The molecule has 5 heteroatoms. The van der Waals surface area contributed by atoms with Gasteiger partial charge in [0.1, 0.15) is 6.61 Å². The summed E-state index contributed by atoms with van der Waals surface area (Å²) in [6, 6.07) is 7.39. The Bertz CT molecular complexity index is 571. The highest BCUT2D eigenvalue weighted by atomic mass is 35.5. The molecule has 0 saturated carbocycles. The lowest BCUT2D eigenvalue weighted by molar-refractivity contribution is -0.146. The summed E-state index contributed by atoms with van der Waals surface area (Å²) in [5.74, 6) is -0.624. The van der Waals surface area contributed by atoms with Gasteiger partial charge < -0.3 is 9.84 Å². The van der Waals surface area contributed by atoms with E-state index in [1.807, 2.05) is 18.2 Å². The van der Waals surface area contributed by atoms with Crippen LogP contribution < -0.4 is 0 Å². The Hall–Kier alpha value is -1.65. The summed E-state index contributed by atoms with van der Waals surface area (Å²) in [4.78, 5) is 15.1. The van der Waals surface area contributed by atoms with E-state index in [9.17, 15) is 4.79 Å². The van der Waals surface area contributed by atoms with Crippen LogP contribution in [0.5, 0.6) is 0 Å². The molecule has 0 bridgehead atoms. The summed E-state index contributed by atoms with van der Waals surface area (Å²) in [5.41, 5.74) is 1.77. The second-order valence-corrected chi connectivity index (χ2v) is 4.14. The van der Waals surface area contributed by atoms with Gasteiger partial charge in [0.15, 0.2) is 0 Å². The molecule has 0 aliphatic heterocycles. The number of nitrogens with zero attached hydrogens (tertiary/aromatic N) is 1. The maximum Gasteiger partial charge on any atom is 0.331 e. The molecule has 2 aromatic rings. The summed E-state index contributed by atoms with van der Waals surface area (Å²) in [6.07, 6.45) is 2.23. The lowest BCUT2D eigenvalue weighted by Crippen LogP contribution is -2.11. The number of aromatic nitrogens is 1. The zero-order chi connectivity index (χ0) is 13.0. The molecule has 0 amide bonds. The van der Waals surface area contributed by atoms with Crippen molar-refractivity contribution in [1.82, 2.24) is 4.98 Å². The number of halogens is 1. The number of fused-ring (bicyclic) bond motifs is 1. The zero-order valence-electron chi connectivity index (χ0n) is 9.60. The normalized spacial score (nSPS) is 10.6. The lowest BCUT2D eigenvalue weighted by Gasteiger charge is -2.07. The van der Waals surface area contributed by atoms with E-state index < -0.39 is 12.6 Å². The fourth-order valence-corrected chi connectivity index (χ4v) is 1.93. The average Bonchev–Trinajstić information content (AvgIpc) is 2.41. The molecule has 0 radical (unpaired) electrons. The molecule has 0 saturated heterocycles. The van der Waals surface area contributed by atoms with Gasteiger partial charge in [-0.05, 0) is 23.8 Å². The van der Waals surface area contributed by atoms with E-state index in [0.717, 1.165) is 16.5 Å². The van der Waals surface area contributed by atoms with Gasteiger partial charge in [-0.15, -0.1) is 0 Å². The summed E-state index contributed by atoms with van der Waals surface area (Å²) >= 11 is 6.08. The molecule has 0 spiro atoms. The van der Waals surface area contributed by atoms with Crippen LogP contribution in [0.15, 0.2) is 30.5 Å². The maximum absolute atomic E-state index is 10.8. The highest BCUT2D eigenvalue weighted by Crippen LogP contribution is 2.24. The fraction of sp³-hybridized carbons (Fsp3) is 0.231. The SMILES string of the molecule is O=C(CO)OCCc1ccc(Cl)c2cccnc12. The van der Waals surface area contributed by atoms with Crippen LogP contribution in [0.2, 0.25) is 5.02 Å². The minimum atomic E-state index is -0.624. The average molecular weight is 266 g/mol. The van der Waals surface area contributed by atoms with Crippen molar-refractivity contribution in [1.29, 1.82) is 0 Å². The number of esters is 1. The predicted molar refractivity (Wildman–Crippen MR) is 68.5 cm³/mol. The van der Waals surface area contributed by atoms with Crippen molar-refractivity contribution in [2.24, 2.45) is 0 Å². The lowest BCUT2D eigenvalue weighted by atomic mass is 10.1. The van der Waals surface area contributed by atoms with Crippen LogP contribution in [-0.2, 0) is 16.0 Å². The summed E-state index contributed by atoms with van der Waals surface area (Å²) in [6.45, 7) is -0.383. The first kappa shape index (κ1) is 12.8. The van der Waals surface area contributed by atoms with Crippen LogP contribution in [0.25, 0.3) is 10.9 Å². The number of hydrogen-bond acceptors (Lipinski definition) is 4. The number of hydrogen-bond donors (Lipinski definition) is 1. The summed E-state index contributed by atoms with van der Waals surface area (Å²) < 4.78 is 4.82. The Kier molecular flexibility index (Phi) is 4.12. The molecule has 94 valence electrons. The van der Waals surface area contributed by atoms with Gasteiger partial charge >= 0.3 is 5.97 Å². The Morgan fingerprint density at radius 1 is 1.39 bits per heavy atom. The molecule has 0 unspecified atom stereocenters. The van der Waals surface area contributed by atoms with Crippen LogP contribution in [0.3, 0.4) is 0 Å². The van der Waals surface area contributed by atoms with E-state index in [1.54, 1.807) is 12.3 Å². The third kappa shape index (κ3) is 2.78. The van der Waals surface area contributed by atoms with Gasteiger partial charge in [-0.3, -0.25) is 4.98 Å². The van der Waals surface area contributed by atoms with Crippen molar-refractivity contribution in [3.8, 4) is 0 Å². The van der Waals surface area contributed by atoms with Crippen LogP contribution in [0.4, 0.5) is 0 Å². The highest BCUT2D eigenvalue weighted by molar-refractivity contribution is 6.35. The van der Waals surface area contributed by atoms with E-state index >= 15 is 0 Å². The molecule has 1 aromatic heterocycles. The molecule has 1 heterocycles. The molecular weight excluding hydrogens is 254 g/mol. The molecule has 0 aliphatic rings. The van der Waals surface area contributed by atoms with Crippen LogP contribution in [0.1, 0.15) is 5.56 Å². The van der Waals surface area contributed by atoms with Crippen molar-refractivity contribution < 1.29 is 14.6 Å². The van der Waals surface area contributed by atoms with Gasteiger partial charge in [-0.2, -0.15) is 0 Å². The predicted octanol–water partition coefficient (Wildman–Crippen LogP) is 1.97. The monoisotopic (exact) mass is 265 g/mol. The molecular formula is C13H12ClNO3. The minimum absolute atomic E-state index is 0.215. The van der Waals surface area contributed by atoms with Gasteiger partial charge in [0.2, 0.25) is 0 Å². The molecule has 1 aromatic carbocycles. The molecule has 2 rings (SSSR count). The Balaban J connectivity index is 2.18. The van der Waals surface area contributed by atoms with Crippen LogP contribution in [-0.4, -0.2) is 29.3 Å². The van der Waals surface area contributed by atoms with Gasteiger partial charge in [-0.1, -0.05) is 17.7 Å². The van der Waals surface area contributed by atoms with E-state index in [1.165, 1.54) is 0 Å². The second kappa shape index (κ2) is 5.80. The van der Waals surface area contributed by atoms with Gasteiger partial charge in [0, 0.05) is 23.0 Å². The zero-order valence-corrected chi connectivity index (χ0v) is 10.4. The van der Waals surface area contributed by atoms with E-state index in [4.69, 9.17) is 21.4 Å². The maximum atomic E-state index is 10.8. The van der Waals surface area contributed by atoms with E-state index in [-0.39, 0.29) is 6.61 Å². The summed E-state index contributed by atoms with van der Waals surface area (Å²) in [7, 11) is 0. The Morgan fingerprint density at radius 2 is 2.22 bits per heavy atom. The Morgan fingerprint density at radius 3 is 3.00 bits per heavy atom. The second-order valence-electron chi connectivity index (χ2n) is 3.73. The number of pyridine rings is 1. The third-order valence-electron chi connectivity index (χ3n) is 2.56. The van der Waals surface area contributed by atoms with Gasteiger partial charge in [-0.25, -0.2) is 4.79 Å². The smallest absolute Gasteiger partial charge is 0.331 e. The molecule has 1 N–H and O–H groups in total. The van der Waals surface area contributed by atoms with Crippen molar-refractivity contribution in [3.63, 3.8) is 0 Å². The van der Waals surface area contributed by atoms with Crippen LogP contribution >= 0.6 is 11.6 Å². The number of aliphatic hydroxyl groups excluding tert-OH is 1. The van der Waals surface area contributed by atoms with Crippen molar-refractivity contribution in [2.45, 2.75) is 6.42 Å². The van der Waals surface area contributed by atoms with Crippen molar-refractivity contribution >= 4 is 28.5 Å². The first-order chi connectivity index (χ1) is 8.72. The van der Waals surface area contributed by atoms with Gasteiger partial charge in [0.05, 0.1) is 12.1 Å². The van der Waals surface area contributed by atoms with E-state index in [2.05, 4.69) is 4.98 Å². The number of aliphatic hydroxyl groups is 1. The number of benzene rings is 1. The van der Waals surface area contributed by atoms with Crippen molar-refractivity contribution in [2.75, 3.05) is 13.2 Å². The topological polar surface area (TPSA) is 59.4 Å². The molecule has 4 nitrogen and oxygen atoms in total. The number of rotatable bonds is 4. The van der Waals surface area contributed by atoms with Crippen LogP contribution in [0, 0.1) is 0 Å². The number of carbonyl (C=O) groups is 1. The molecule has 0 fully saturated rings. The number of carbonyl (C=O) groups excluding carboxylic acids is 1. The molecule has 0 atom stereocenters. The van der Waals surface area contributed by atoms with E-state index in [0.29, 0.717) is 11.4 Å². The van der Waals surface area contributed by atoms with Gasteiger partial charge in [0.25, 0.3) is 0 Å². The quantitative estimate of drug-likeness (QED) is 0.859. The number of ether oxygens (including phenoxy) is 1. The largest absolute Gasteiger partial charge is 0.464 e. The highest BCUT2D eigenvalue weighted by Gasteiger charge is 2.06. The summed E-state index contributed by atoms with van der Waals surface area (Å²) in [5, 5.41) is 10.1.